The van der Waals surface area contributed by atoms with Crippen molar-refractivity contribution < 1.29 is 24.2 Å². The average Bonchev–Trinajstić information content (AvgIpc) is 2.93. The molecule has 1 atom stereocenters. The number of ether oxygens (including phenoxy) is 1. The third-order valence-corrected chi connectivity index (χ3v) is 5.74. The van der Waals surface area contributed by atoms with Crippen molar-refractivity contribution in [1.29, 1.82) is 0 Å². The van der Waals surface area contributed by atoms with Crippen LogP contribution in [0.2, 0.25) is 0 Å². The predicted octanol–water partition coefficient (Wildman–Crippen LogP) is 3.96. The molecule has 1 unspecified atom stereocenters. The van der Waals surface area contributed by atoms with Crippen molar-refractivity contribution in [3.63, 3.8) is 0 Å². The van der Waals surface area contributed by atoms with Gasteiger partial charge in [0.25, 0.3) is 5.91 Å². The first kappa shape index (κ1) is 24.7. The molecule has 1 aliphatic heterocycles. The SMILES string of the molecule is CCC(=O)NC(Oc1ccc(C=C2SC(=S)N(CCC(=O)O)C2=O)cc1)C(Cl)(Cl)Cl. The Morgan fingerprint density at radius 1 is 1.33 bits per heavy atom. The minimum Gasteiger partial charge on any atom is -0.481 e. The van der Waals surface area contributed by atoms with Crippen LogP contribution in [0.3, 0.4) is 0 Å². The van der Waals surface area contributed by atoms with E-state index in [4.69, 9.17) is 56.9 Å². The van der Waals surface area contributed by atoms with Crippen molar-refractivity contribution >= 4 is 87.0 Å². The number of hydrogen-bond acceptors (Lipinski definition) is 6. The van der Waals surface area contributed by atoms with E-state index < -0.39 is 16.0 Å². The molecular formula is C18H17Cl3N2O5S2. The van der Waals surface area contributed by atoms with Crippen LogP contribution in [0.5, 0.6) is 5.75 Å². The normalized spacial score (nSPS) is 16.7. The molecule has 1 aliphatic rings. The van der Waals surface area contributed by atoms with Gasteiger partial charge in [0.1, 0.15) is 10.1 Å². The van der Waals surface area contributed by atoms with E-state index in [0.29, 0.717) is 20.5 Å². The van der Waals surface area contributed by atoms with E-state index in [2.05, 4.69) is 5.32 Å². The Hall–Kier alpha value is -1.52. The second kappa shape index (κ2) is 10.7. The van der Waals surface area contributed by atoms with Crippen LogP contribution < -0.4 is 10.1 Å². The Balaban J connectivity index is 2.10. The number of carbonyl (C=O) groups is 3. The topological polar surface area (TPSA) is 95.9 Å². The van der Waals surface area contributed by atoms with Crippen molar-refractivity contribution in [1.82, 2.24) is 10.2 Å². The van der Waals surface area contributed by atoms with Crippen molar-refractivity contribution in [2.45, 2.75) is 29.8 Å². The van der Waals surface area contributed by atoms with Gasteiger partial charge in [-0.1, -0.05) is 77.8 Å². The van der Waals surface area contributed by atoms with Crippen LogP contribution in [0.25, 0.3) is 6.08 Å². The quantitative estimate of drug-likeness (QED) is 0.236. The van der Waals surface area contributed by atoms with Gasteiger partial charge in [-0.05, 0) is 23.8 Å². The predicted molar refractivity (Wildman–Crippen MR) is 122 cm³/mol. The zero-order chi connectivity index (χ0) is 22.5. The summed E-state index contributed by atoms with van der Waals surface area (Å²) in [5, 5.41) is 11.3. The van der Waals surface area contributed by atoms with Crippen LogP contribution in [0, 0.1) is 0 Å². The lowest BCUT2D eigenvalue weighted by Gasteiger charge is -2.26. The molecule has 1 aromatic carbocycles. The number of nitrogens with one attached hydrogen (secondary N) is 1. The molecule has 1 aromatic rings. The Morgan fingerprint density at radius 2 is 1.97 bits per heavy atom. The largest absolute Gasteiger partial charge is 0.481 e. The van der Waals surface area contributed by atoms with Gasteiger partial charge in [-0.15, -0.1) is 0 Å². The van der Waals surface area contributed by atoms with E-state index in [1.807, 2.05) is 0 Å². The summed E-state index contributed by atoms with van der Waals surface area (Å²) in [6.45, 7) is 1.68. The van der Waals surface area contributed by atoms with Crippen molar-refractivity contribution in [3.8, 4) is 5.75 Å². The molecule has 2 rings (SSSR count). The summed E-state index contributed by atoms with van der Waals surface area (Å²) in [5.41, 5.74) is 0.684. The molecule has 1 saturated heterocycles. The zero-order valence-electron chi connectivity index (χ0n) is 15.6. The van der Waals surface area contributed by atoms with Gasteiger partial charge in [0.15, 0.2) is 0 Å². The second-order valence-corrected chi connectivity index (χ2v) is 10.1. The van der Waals surface area contributed by atoms with Gasteiger partial charge in [-0.3, -0.25) is 19.3 Å². The minimum atomic E-state index is -1.88. The maximum Gasteiger partial charge on any atom is 0.305 e. The highest BCUT2D eigenvalue weighted by atomic mass is 35.6. The van der Waals surface area contributed by atoms with Gasteiger partial charge in [0.05, 0.1) is 11.3 Å². The summed E-state index contributed by atoms with van der Waals surface area (Å²) in [5.74, 6) is -1.35. The average molecular weight is 512 g/mol. The number of aliphatic carboxylic acids is 1. The summed E-state index contributed by atoms with van der Waals surface area (Å²) < 4.78 is 4.01. The van der Waals surface area contributed by atoms with Gasteiger partial charge >= 0.3 is 5.97 Å². The molecule has 0 aromatic heterocycles. The number of carbonyl (C=O) groups excluding carboxylic acids is 2. The summed E-state index contributed by atoms with van der Waals surface area (Å²) in [6, 6.07) is 6.55. The number of nitrogens with zero attached hydrogens (tertiary/aromatic N) is 1. The maximum atomic E-state index is 12.4. The van der Waals surface area contributed by atoms with E-state index in [-0.39, 0.29) is 31.2 Å². The minimum absolute atomic E-state index is 0.0199. The molecule has 1 fully saturated rings. The third-order valence-electron chi connectivity index (χ3n) is 3.77. The highest BCUT2D eigenvalue weighted by Gasteiger charge is 2.36. The van der Waals surface area contributed by atoms with Crippen LogP contribution in [0.4, 0.5) is 0 Å². The van der Waals surface area contributed by atoms with Gasteiger partial charge in [0.2, 0.25) is 15.9 Å². The van der Waals surface area contributed by atoms with Gasteiger partial charge in [-0.2, -0.15) is 0 Å². The van der Waals surface area contributed by atoms with E-state index in [1.54, 1.807) is 37.3 Å². The van der Waals surface area contributed by atoms with Crippen LogP contribution in [-0.2, 0) is 14.4 Å². The number of hydrogen-bond donors (Lipinski definition) is 2. The standard InChI is InChI=1S/C18H17Cl3N2O5S2/c1-2-13(24)22-16(18(19,20)21)28-11-5-3-10(4-6-11)9-12-15(27)23(17(29)30-12)8-7-14(25)26/h3-6,9,16H,2,7-8H2,1H3,(H,22,24)(H,25,26). The number of halogens is 3. The van der Waals surface area contributed by atoms with Crippen LogP contribution >= 0.6 is 58.8 Å². The van der Waals surface area contributed by atoms with E-state index in [9.17, 15) is 14.4 Å². The molecule has 2 N–H and O–H groups in total. The fourth-order valence-corrected chi connectivity index (χ4v) is 3.86. The number of rotatable bonds is 8. The maximum absolute atomic E-state index is 12.4. The number of carboxylic acids is 1. The summed E-state index contributed by atoms with van der Waals surface area (Å²) in [7, 11) is 0. The lowest BCUT2D eigenvalue weighted by Crippen LogP contribution is -2.47. The number of carboxylic acid groups (broad SMARTS) is 1. The Kier molecular flexibility index (Phi) is 8.81. The summed E-state index contributed by atoms with van der Waals surface area (Å²) >= 11 is 23.9. The lowest BCUT2D eigenvalue weighted by molar-refractivity contribution is -0.137. The number of thioether (sulfide) groups is 1. The number of amides is 2. The molecule has 0 aliphatic carbocycles. The fourth-order valence-electron chi connectivity index (χ4n) is 2.26. The van der Waals surface area contributed by atoms with E-state index in [0.717, 1.165) is 11.8 Å². The molecule has 162 valence electrons. The van der Waals surface area contributed by atoms with Crippen molar-refractivity contribution in [2.75, 3.05) is 6.54 Å². The van der Waals surface area contributed by atoms with Gasteiger partial charge in [0, 0.05) is 13.0 Å². The summed E-state index contributed by atoms with van der Waals surface area (Å²) in [6.07, 6.45) is 0.454. The molecular weight excluding hydrogens is 495 g/mol. The lowest BCUT2D eigenvalue weighted by atomic mass is 10.2. The van der Waals surface area contributed by atoms with E-state index >= 15 is 0 Å². The zero-order valence-corrected chi connectivity index (χ0v) is 19.5. The number of alkyl halides is 3. The first-order chi connectivity index (χ1) is 14.0. The monoisotopic (exact) mass is 510 g/mol. The molecule has 30 heavy (non-hydrogen) atoms. The highest BCUT2D eigenvalue weighted by Crippen LogP contribution is 2.34. The molecule has 0 spiro atoms. The molecule has 12 heteroatoms. The first-order valence-electron chi connectivity index (χ1n) is 8.61. The Bertz CT molecular complexity index is 872. The van der Waals surface area contributed by atoms with E-state index in [1.165, 1.54) is 4.90 Å². The smallest absolute Gasteiger partial charge is 0.305 e. The number of benzene rings is 1. The van der Waals surface area contributed by atoms with Crippen molar-refractivity contribution in [3.05, 3.63) is 34.7 Å². The summed E-state index contributed by atoms with van der Waals surface area (Å²) in [4.78, 5) is 36.4. The molecule has 2 amide bonds. The third kappa shape index (κ3) is 7.02. The van der Waals surface area contributed by atoms with Crippen LogP contribution in [0.15, 0.2) is 29.2 Å². The molecule has 0 radical (unpaired) electrons. The van der Waals surface area contributed by atoms with Crippen LogP contribution in [-0.4, -0.2) is 48.7 Å². The Labute approximate surface area is 197 Å². The molecule has 0 bridgehead atoms. The van der Waals surface area contributed by atoms with Gasteiger partial charge in [-0.25, -0.2) is 0 Å². The Morgan fingerprint density at radius 3 is 2.50 bits per heavy atom. The fraction of sp³-hybridized carbons (Fsp3) is 0.333. The second-order valence-electron chi connectivity index (χ2n) is 6.01. The van der Waals surface area contributed by atoms with Crippen LogP contribution in [0.1, 0.15) is 25.3 Å². The van der Waals surface area contributed by atoms with Crippen molar-refractivity contribution in [2.24, 2.45) is 0 Å². The van der Waals surface area contributed by atoms with Gasteiger partial charge < -0.3 is 15.2 Å². The molecule has 1 heterocycles. The molecule has 0 saturated carbocycles. The molecule has 7 nitrogen and oxygen atoms in total. The highest BCUT2D eigenvalue weighted by molar-refractivity contribution is 8.26. The first-order valence-corrected chi connectivity index (χ1v) is 11.0. The number of thiocarbonyl (C=S) groups is 1.